The predicted molar refractivity (Wildman–Crippen MR) is 106 cm³/mol. The van der Waals surface area contributed by atoms with E-state index in [2.05, 4.69) is 10.1 Å². The van der Waals surface area contributed by atoms with E-state index in [1.54, 1.807) is 4.90 Å². The molecule has 1 amide bonds. The molecule has 5 rings (SSSR count). The van der Waals surface area contributed by atoms with Crippen LogP contribution in [0.25, 0.3) is 11.1 Å². The van der Waals surface area contributed by atoms with Crippen LogP contribution in [0.2, 0.25) is 0 Å². The van der Waals surface area contributed by atoms with Gasteiger partial charge in [-0.1, -0.05) is 31.8 Å². The number of rotatable bonds is 4. The largest absolute Gasteiger partial charge is 0.480 e. The maximum atomic E-state index is 13.9. The molecule has 2 aromatic rings. The lowest BCUT2D eigenvalue weighted by atomic mass is 9.84. The molecule has 3 unspecified atom stereocenters. The van der Waals surface area contributed by atoms with E-state index >= 15 is 0 Å². The number of fused-ring (bicyclic) bond motifs is 2. The zero-order valence-corrected chi connectivity index (χ0v) is 16.9. The minimum absolute atomic E-state index is 0.00676. The fraction of sp³-hybridized carbons (Fsp3) is 0.636. The molecular weight excluding hydrogens is 370 g/mol. The number of carbonyl (C=O) groups excluding carboxylic acids is 1. The maximum Gasteiger partial charge on any atom is 0.326 e. The van der Waals surface area contributed by atoms with Gasteiger partial charge in [0.1, 0.15) is 6.04 Å². The van der Waals surface area contributed by atoms with Crippen molar-refractivity contribution in [3.63, 3.8) is 0 Å². The average molecular weight is 397 g/mol. The first-order chi connectivity index (χ1) is 14.0. The second-order valence-corrected chi connectivity index (χ2v) is 9.19. The van der Waals surface area contributed by atoms with Gasteiger partial charge in [0.15, 0.2) is 0 Å². The second-order valence-electron chi connectivity index (χ2n) is 9.19. The number of carboxylic acids is 1. The summed E-state index contributed by atoms with van der Waals surface area (Å²) in [6.07, 6.45) is 6.71. The zero-order chi connectivity index (χ0) is 20.3. The first kappa shape index (κ1) is 18.6. The predicted octanol–water partition coefficient (Wildman–Crippen LogP) is 4.08. The summed E-state index contributed by atoms with van der Waals surface area (Å²) < 4.78 is 5.52. The summed E-state index contributed by atoms with van der Waals surface area (Å²) in [4.78, 5) is 32.2. The summed E-state index contributed by atoms with van der Waals surface area (Å²) in [5.41, 5.74) is 2.48. The molecule has 29 heavy (non-hydrogen) atoms. The number of likely N-dealkylation sites (tertiary alicyclic amines) is 1. The van der Waals surface area contributed by atoms with E-state index in [0.29, 0.717) is 34.7 Å². The first-order valence-electron chi connectivity index (χ1n) is 10.8. The molecular formula is C22H27N3O4. The minimum atomic E-state index is -0.908. The Labute approximate surface area is 169 Å². The molecule has 1 aliphatic heterocycles. The molecule has 154 valence electrons. The van der Waals surface area contributed by atoms with Crippen molar-refractivity contribution in [2.45, 2.75) is 82.7 Å². The van der Waals surface area contributed by atoms with Crippen molar-refractivity contribution in [1.82, 2.24) is 15.0 Å². The molecule has 3 aliphatic rings. The summed E-state index contributed by atoms with van der Waals surface area (Å²) in [5.74, 6) is -0.398. The molecule has 2 aliphatic carbocycles. The van der Waals surface area contributed by atoms with Crippen molar-refractivity contribution >= 4 is 23.0 Å². The Hall–Kier alpha value is -2.44. The third kappa shape index (κ3) is 3.02. The number of aromatic nitrogens is 2. The molecule has 2 saturated carbocycles. The van der Waals surface area contributed by atoms with Gasteiger partial charge in [-0.05, 0) is 50.0 Å². The topological polar surface area (TPSA) is 96.5 Å². The number of pyridine rings is 1. The highest BCUT2D eigenvalue weighted by Gasteiger charge is 2.48. The van der Waals surface area contributed by atoms with Crippen molar-refractivity contribution in [2.75, 3.05) is 0 Å². The van der Waals surface area contributed by atoms with Crippen LogP contribution in [0.15, 0.2) is 10.6 Å². The van der Waals surface area contributed by atoms with Crippen LogP contribution >= 0.6 is 0 Å². The van der Waals surface area contributed by atoms with Crippen LogP contribution in [-0.4, -0.2) is 44.1 Å². The van der Waals surface area contributed by atoms with E-state index in [-0.39, 0.29) is 23.8 Å². The number of aliphatic carboxylic acids is 1. The molecule has 0 spiro atoms. The quantitative estimate of drug-likeness (QED) is 0.835. The van der Waals surface area contributed by atoms with Gasteiger partial charge in [0.25, 0.3) is 11.6 Å². The van der Waals surface area contributed by atoms with Gasteiger partial charge in [0.05, 0.1) is 16.6 Å². The van der Waals surface area contributed by atoms with Crippen LogP contribution < -0.4 is 0 Å². The van der Waals surface area contributed by atoms with E-state index < -0.39 is 12.0 Å². The lowest BCUT2D eigenvalue weighted by molar-refractivity contribution is -0.141. The lowest BCUT2D eigenvalue weighted by Gasteiger charge is -2.33. The molecule has 0 bridgehead atoms. The average Bonchev–Trinajstić information content (AvgIpc) is 3.34. The number of carboxylic acid groups (broad SMARTS) is 1. The van der Waals surface area contributed by atoms with Crippen LogP contribution in [0.5, 0.6) is 0 Å². The Morgan fingerprint density at radius 3 is 2.66 bits per heavy atom. The van der Waals surface area contributed by atoms with Crippen molar-refractivity contribution in [1.29, 1.82) is 0 Å². The molecule has 3 heterocycles. The number of amides is 1. The highest BCUT2D eigenvalue weighted by atomic mass is 16.5. The van der Waals surface area contributed by atoms with E-state index in [4.69, 9.17) is 4.52 Å². The molecule has 3 fully saturated rings. The van der Waals surface area contributed by atoms with Crippen LogP contribution in [0.4, 0.5) is 0 Å². The van der Waals surface area contributed by atoms with Crippen molar-refractivity contribution in [3.8, 4) is 0 Å². The molecule has 0 radical (unpaired) electrons. The SMILES string of the molecule is CC(C)c1noc2nc(C3CC3)cc(C(=O)N3C(C(=O)O)CC4CCCCC43)c12. The third-order valence-electron chi connectivity index (χ3n) is 6.87. The van der Waals surface area contributed by atoms with Gasteiger partial charge in [-0.2, -0.15) is 0 Å². The van der Waals surface area contributed by atoms with Crippen LogP contribution in [0.3, 0.4) is 0 Å². The van der Waals surface area contributed by atoms with E-state index in [0.717, 1.165) is 44.2 Å². The van der Waals surface area contributed by atoms with Crippen LogP contribution in [-0.2, 0) is 4.79 Å². The smallest absolute Gasteiger partial charge is 0.326 e. The standard InChI is InChI=1S/C22H27N3O4/c1-11(2)19-18-14(10-15(12-7-8-12)23-20(18)29-24-19)21(26)25-16-6-4-3-5-13(16)9-17(25)22(27)28/h10-13,16-17H,3-9H2,1-2H3,(H,27,28). The molecule has 1 saturated heterocycles. The molecule has 1 N–H and O–H groups in total. The Morgan fingerprint density at radius 1 is 1.21 bits per heavy atom. The molecule has 3 atom stereocenters. The van der Waals surface area contributed by atoms with Gasteiger partial charge in [0.2, 0.25) is 0 Å². The molecule has 2 aromatic heterocycles. The summed E-state index contributed by atoms with van der Waals surface area (Å²) in [5, 5.41) is 14.7. The fourth-order valence-electron chi connectivity index (χ4n) is 5.26. The summed E-state index contributed by atoms with van der Waals surface area (Å²) in [6.45, 7) is 4.01. The lowest BCUT2D eigenvalue weighted by Crippen LogP contribution is -2.46. The van der Waals surface area contributed by atoms with E-state index in [9.17, 15) is 14.7 Å². The van der Waals surface area contributed by atoms with E-state index in [1.807, 2.05) is 19.9 Å². The van der Waals surface area contributed by atoms with Gasteiger partial charge in [-0.25, -0.2) is 9.78 Å². The molecule has 7 heteroatoms. The Morgan fingerprint density at radius 2 is 1.97 bits per heavy atom. The molecule has 0 aromatic carbocycles. The fourth-order valence-corrected chi connectivity index (χ4v) is 5.26. The highest BCUT2D eigenvalue weighted by molar-refractivity contribution is 6.07. The second kappa shape index (κ2) is 6.82. The number of hydrogen-bond donors (Lipinski definition) is 1. The number of carbonyl (C=O) groups is 2. The first-order valence-corrected chi connectivity index (χ1v) is 10.8. The van der Waals surface area contributed by atoms with Gasteiger partial charge >= 0.3 is 5.97 Å². The van der Waals surface area contributed by atoms with Gasteiger partial charge in [-0.3, -0.25) is 4.79 Å². The van der Waals surface area contributed by atoms with Gasteiger partial charge < -0.3 is 14.5 Å². The third-order valence-corrected chi connectivity index (χ3v) is 6.87. The number of nitrogens with zero attached hydrogens (tertiary/aromatic N) is 3. The van der Waals surface area contributed by atoms with Crippen molar-refractivity contribution < 1.29 is 19.2 Å². The van der Waals surface area contributed by atoms with Crippen LogP contribution in [0, 0.1) is 5.92 Å². The van der Waals surface area contributed by atoms with Gasteiger partial charge in [0, 0.05) is 17.7 Å². The van der Waals surface area contributed by atoms with Crippen molar-refractivity contribution in [2.24, 2.45) is 5.92 Å². The normalized spacial score (nSPS) is 26.9. The van der Waals surface area contributed by atoms with Gasteiger partial charge in [-0.15, -0.1) is 0 Å². The maximum absolute atomic E-state index is 13.9. The summed E-state index contributed by atoms with van der Waals surface area (Å²) in [6, 6.07) is 1.12. The van der Waals surface area contributed by atoms with Crippen molar-refractivity contribution in [3.05, 3.63) is 23.0 Å². The molecule has 7 nitrogen and oxygen atoms in total. The zero-order valence-electron chi connectivity index (χ0n) is 16.9. The minimum Gasteiger partial charge on any atom is -0.480 e. The monoisotopic (exact) mass is 397 g/mol. The number of hydrogen-bond acceptors (Lipinski definition) is 5. The van der Waals surface area contributed by atoms with Crippen LogP contribution in [0.1, 0.15) is 92.4 Å². The summed E-state index contributed by atoms with van der Waals surface area (Å²) in [7, 11) is 0. The van der Waals surface area contributed by atoms with E-state index in [1.165, 1.54) is 0 Å². The summed E-state index contributed by atoms with van der Waals surface area (Å²) >= 11 is 0. The Balaban J connectivity index is 1.64. The Bertz CT molecular complexity index is 978. The Kier molecular flexibility index (Phi) is 4.37. The highest BCUT2D eigenvalue weighted by Crippen LogP contribution is 2.44.